The first-order valence-corrected chi connectivity index (χ1v) is 9.20. The van der Waals surface area contributed by atoms with Crippen molar-refractivity contribution < 1.29 is 14.4 Å². The Morgan fingerprint density at radius 3 is 2.92 bits per heavy atom. The van der Waals surface area contributed by atoms with Gasteiger partial charge in [0.1, 0.15) is 11.0 Å². The molecule has 2 aliphatic heterocycles. The monoisotopic (exact) mass is 358 g/mol. The zero-order valence-corrected chi connectivity index (χ0v) is 14.3. The minimum Gasteiger partial charge on any atom is -0.333 e. The highest BCUT2D eigenvalue weighted by Crippen LogP contribution is 2.36. The van der Waals surface area contributed by atoms with Crippen molar-refractivity contribution in [3.8, 4) is 0 Å². The Labute approximate surface area is 148 Å². The fraction of sp³-hybridized carbons (Fsp3) is 0.412. The summed E-state index contributed by atoms with van der Waals surface area (Å²) in [4.78, 5) is 41.9. The SMILES string of the molecule is O=C1NC(=O)[C@@H](CCC(=O)N2CCC[C@@H]2c2nc3ccccc3s2)N1. The van der Waals surface area contributed by atoms with Gasteiger partial charge < -0.3 is 10.2 Å². The van der Waals surface area contributed by atoms with Crippen LogP contribution in [0.5, 0.6) is 0 Å². The largest absolute Gasteiger partial charge is 0.333 e. The molecule has 4 rings (SSSR count). The number of benzene rings is 1. The number of imide groups is 1. The first-order chi connectivity index (χ1) is 12.1. The van der Waals surface area contributed by atoms with E-state index < -0.39 is 12.1 Å². The lowest BCUT2D eigenvalue weighted by Gasteiger charge is -2.23. The van der Waals surface area contributed by atoms with Crippen LogP contribution in [0.1, 0.15) is 36.7 Å². The molecule has 2 fully saturated rings. The Hall–Kier alpha value is -2.48. The number of nitrogens with zero attached hydrogens (tertiary/aromatic N) is 2. The zero-order chi connectivity index (χ0) is 17.4. The van der Waals surface area contributed by atoms with Crippen LogP contribution in [-0.2, 0) is 9.59 Å². The van der Waals surface area contributed by atoms with E-state index in [1.54, 1.807) is 11.3 Å². The quantitative estimate of drug-likeness (QED) is 0.817. The minimum atomic E-state index is -0.611. The zero-order valence-electron chi connectivity index (χ0n) is 13.5. The van der Waals surface area contributed by atoms with E-state index >= 15 is 0 Å². The molecule has 1 aromatic heterocycles. The van der Waals surface area contributed by atoms with Gasteiger partial charge in [-0.2, -0.15) is 0 Å². The molecule has 0 spiro atoms. The van der Waals surface area contributed by atoms with E-state index in [4.69, 9.17) is 4.98 Å². The number of para-hydroxylation sites is 1. The average molecular weight is 358 g/mol. The molecule has 2 aliphatic rings. The van der Waals surface area contributed by atoms with E-state index in [9.17, 15) is 14.4 Å². The van der Waals surface area contributed by atoms with Gasteiger partial charge in [-0.05, 0) is 31.4 Å². The Kier molecular flexibility index (Phi) is 4.12. The number of likely N-dealkylation sites (tertiary alicyclic amines) is 1. The lowest BCUT2D eigenvalue weighted by molar-refractivity contribution is -0.132. The molecule has 2 N–H and O–H groups in total. The van der Waals surface area contributed by atoms with E-state index in [-0.39, 0.29) is 24.3 Å². The number of amides is 4. The highest BCUT2D eigenvalue weighted by Gasteiger charge is 2.34. The van der Waals surface area contributed by atoms with Crippen LogP contribution in [0.2, 0.25) is 0 Å². The van der Waals surface area contributed by atoms with E-state index in [0.717, 1.165) is 28.1 Å². The third-order valence-corrected chi connectivity index (χ3v) is 5.81. The van der Waals surface area contributed by atoms with E-state index in [1.807, 2.05) is 29.2 Å². The predicted molar refractivity (Wildman–Crippen MR) is 93.0 cm³/mol. The minimum absolute atomic E-state index is 0.00991. The third-order valence-electron chi connectivity index (χ3n) is 4.67. The Balaban J connectivity index is 1.44. The van der Waals surface area contributed by atoms with Gasteiger partial charge in [0.05, 0.1) is 16.3 Å². The van der Waals surface area contributed by atoms with E-state index in [0.29, 0.717) is 13.0 Å². The molecule has 0 unspecified atom stereocenters. The van der Waals surface area contributed by atoms with Crippen LogP contribution in [-0.4, -0.2) is 40.3 Å². The molecule has 130 valence electrons. The van der Waals surface area contributed by atoms with Crippen molar-refractivity contribution in [1.29, 1.82) is 0 Å². The van der Waals surface area contributed by atoms with E-state index in [2.05, 4.69) is 10.6 Å². The maximum Gasteiger partial charge on any atom is 0.322 e. The van der Waals surface area contributed by atoms with Gasteiger partial charge in [0.25, 0.3) is 5.91 Å². The molecule has 2 atom stereocenters. The van der Waals surface area contributed by atoms with Crippen LogP contribution in [0, 0.1) is 0 Å². The Morgan fingerprint density at radius 1 is 1.32 bits per heavy atom. The molecular weight excluding hydrogens is 340 g/mol. The third kappa shape index (κ3) is 3.09. The van der Waals surface area contributed by atoms with Crippen LogP contribution in [0.3, 0.4) is 0 Å². The summed E-state index contributed by atoms with van der Waals surface area (Å²) in [7, 11) is 0. The van der Waals surface area contributed by atoms with Crippen molar-refractivity contribution in [3.05, 3.63) is 29.3 Å². The van der Waals surface area contributed by atoms with Crippen molar-refractivity contribution >= 4 is 39.4 Å². The second kappa shape index (κ2) is 6.44. The summed E-state index contributed by atoms with van der Waals surface area (Å²) in [5, 5.41) is 5.69. The van der Waals surface area contributed by atoms with Crippen molar-refractivity contribution in [1.82, 2.24) is 20.5 Å². The molecule has 2 aromatic rings. The van der Waals surface area contributed by atoms with E-state index in [1.165, 1.54) is 0 Å². The number of rotatable bonds is 4. The highest BCUT2D eigenvalue weighted by molar-refractivity contribution is 7.18. The first kappa shape index (κ1) is 16.0. The molecule has 8 heteroatoms. The topological polar surface area (TPSA) is 91.4 Å². The fourth-order valence-electron chi connectivity index (χ4n) is 3.43. The number of nitrogens with one attached hydrogen (secondary N) is 2. The summed E-state index contributed by atoms with van der Waals surface area (Å²) in [6.45, 7) is 0.711. The molecule has 4 amide bonds. The maximum absolute atomic E-state index is 12.6. The van der Waals surface area contributed by atoms with Gasteiger partial charge in [0.2, 0.25) is 5.91 Å². The normalized spacial score (nSPS) is 23.1. The van der Waals surface area contributed by atoms with Crippen molar-refractivity contribution in [2.24, 2.45) is 0 Å². The van der Waals surface area contributed by atoms with Crippen LogP contribution >= 0.6 is 11.3 Å². The molecular formula is C17H18N4O3S. The fourth-order valence-corrected chi connectivity index (χ4v) is 4.54. The number of carbonyl (C=O) groups excluding carboxylic acids is 3. The van der Waals surface area contributed by atoms with Gasteiger partial charge in [-0.25, -0.2) is 9.78 Å². The predicted octanol–water partition coefficient (Wildman–Crippen LogP) is 1.95. The molecule has 0 bridgehead atoms. The number of fused-ring (bicyclic) bond motifs is 1. The number of aromatic nitrogens is 1. The standard InChI is InChI=1S/C17H18N4O3S/c22-14(8-7-11-15(23)20-17(24)19-11)21-9-3-5-12(21)16-18-10-4-1-2-6-13(10)25-16/h1-2,4,6,11-12H,3,5,7-9H2,(H2,19,20,23,24)/t11-,12-/m1/s1. The number of carbonyl (C=O) groups is 3. The molecule has 0 aliphatic carbocycles. The first-order valence-electron chi connectivity index (χ1n) is 8.38. The summed E-state index contributed by atoms with van der Waals surface area (Å²) >= 11 is 1.63. The smallest absolute Gasteiger partial charge is 0.322 e. The number of hydrogen-bond donors (Lipinski definition) is 2. The second-order valence-electron chi connectivity index (χ2n) is 6.32. The lowest BCUT2D eigenvalue weighted by Crippen LogP contribution is -2.34. The summed E-state index contributed by atoms with van der Waals surface area (Å²) < 4.78 is 1.13. The van der Waals surface area contributed by atoms with Crippen LogP contribution < -0.4 is 10.6 Å². The summed E-state index contributed by atoms with van der Waals surface area (Å²) in [5.41, 5.74) is 0.965. The highest BCUT2D eigenvalue weighted by atomic mass is 32.1. The number of urea groups is 1. The number of thiazole rings is 1. The molecule has 0 saturated carbocycles. The van der Waals surface area contributed by atoms with Crippen molar-refractivity contribution in [2.45, 2.75) is 37.8 Å². The molecule has 0 radical (unpaired) electrons. The van der Waals surface area contributed by atoms with Gasteiger partial charge in [-0.15, -0.1) is 11.3 Å². The van der Waals surface area contributed by atoms with Crippen molar-refractivity contribution in [3.63, 3.8) is 0 Å². The van der Waals surface area contributed by atoms with Gasteiger partial charge in [-0.3, -0.25) is 14.9 Å². The Bertz CT molecular complexity index is 816. The van der Waals surface area contributed by atoms with Crippen LogP contribution in [0.15, 0.2) is 24.3 Å². The van der Waals surface area contributed by atoms with Gasteiger partial charge >= 0.3 is 6.03 Å². The molecule has 2 saturated heterocycles. The number of hydrogen-bond acceptors (Lipinski definition) is 5. The lowest BCUT2D eigenvalue weighted by atomic mass is 10.1. The van der Waals surface area contributed by atoms with Gasteiger partial charge in [0.15, 0.2) is 0 Å². The average Bonchev–Trinajstić information content (AvgIpc) is 3.29. The summed E-state index contributed by atoms with van der Waals surface area (Å²) in [5.74, 6) is -0.349. The molecule has 7 nitrogen and oxygen atoms in total. The summed E-state index contributed by atoms with van der Waals surface area (Å²) in [6, 6.07) is 6.89. The maximum atomic E-state index is 12.6. The van der Waals surface area contributed by atoms with Gasteiger partial charge in [-0.1, -0.05) is 12.1 Å². The van der Waals surface area contributed by atoms with Gasteiger partial charge in [0, 0.05) is 13.0 Å². The van der Waals surface area contributed by atoms with Crippen LogP contribution in [0.25, 0.3) is 10.2 Å². The Morgan fingerprint density at radius 2 is 2.16 bits per heavy atom. The molecule has 25 heavy (non-hydrogen) atoms. The van der Waals surface area contributed by atoms with Crippen molar-refractivity contribution in [2.75, 3.05) is 6.54 Å². The molecule has 3 heterocycles. The van der Waals surface area contributed by atoms with Crippen LogP contribution in [0.4, 0.5) is 4.79 Å². The summed E-state index contributed by atoms with van der Waals surface area (Å²) in [6.07, 6.45) is 2.42. The molecule has 1 aromatic carbocycles. The second-order valence-corrected chi connectivity index (χ2v) is 7.38.